The van der Waals surface area contributed by atoms with Gasteiger partial charge in [-0.25, -0.2) is 0 Å². The largest absolute Gasteiger partial charge is 0.490 e. The van der Waals surface area contributed by atoms with Gasteiger partial charge in [0.2, 0.25) is 5.91 Å². The number of imide groups is 1. The van der Waals surface area contributed by atoms with E-state index < -0.39 is 21.3 Å². The molecule has 41 heavy (non-hydrogen) atoms. The zero-order chi connectivity index (χ0) is 29.9. The first-order chi connectivity index (χ1) is 19.4. The predicted molar refractivity (Wildman–Crippen MR) is 167 cm³/mol. The fourth-order valence-electron chi connectivity index (χ4n) is 3.69. The van der Waals surface area contributed by atoms with Gasteiger partial charge in [-0.3, -0.25) is 19.3 Å². The highest BCUT2D eigenvalue weighted by atomic mass is 127. The van der Waals surface area contributed by atoms with Crippen LogP contribution in [-0.4, -0.2) is 37.0 Å². The third-order valence-corrected chi connectivity index (χ3v) is 9.17. The maximum Gasteiger partial charge on any atom is 0.339 e. The summed E-state index contributed by atoms with van der Waals surface area (Å²) in [6.07, 6.45) is 1.53. The number of nitrogens with zero attached hydrogens (tertiary/aromatic N) is 1. The number of hydrogen-bond donors (Lipinski definition) is 1. The highest BCUT2D eigenvalue weighted by molar-refractivity contribution is 14.1. The van der Waals surface area contributed by atoms with E-state index in [1.54, 1.807) is 31.2 Å². The van der Waals surface area contributed by atoms with Crippen LogP contribution in [0.5, 0.6) is 11.5 Å². The number of carbonyl (C=O) groups excluding carboxylic acids is 3. The molecule has 3 amide bonds. The summed E-state index contributed by atoms with van der Waals surface area (Å²) in [5.41, 5.74) is 1.58. The topological polar surface area (TPSA) is 119 Å². The summed E-state index contributed by atoms with van der Waals surface area (Å²) in [6, 6.07) is 13.5. The molecule has 0 unspecified atom stereocenters. The zero-order valence-corrected chi connectivity index (χ0v) is 26.7. The van der Waals surface area contributed by atoms with E-state index >= 15 is 0 Å². The van der Waals surface area contributed by atoms with Crippen molar-refractivity contribution in [3.05, 3.63) is 84.2 Å². The average Bonchev–Trinajstić information content (AvgIpc) is 3.15. The minimum absolute atomic E-state index is 0.0248. The van der Waals surface area contributed by atoms with Crippen LogP contribution in [0, 0.1) is 3.57 Å². The number of ether oxygens (including phenoxy) is 1. The lowest BCUT2D eigenvalue weighted by Gasteiger charge is -2.15. The van der Waals surface area contributed by atoms with Gasteiger partial charge < -0.3 is 14.2 Å². The van der Waals surface area contributed by atoms with Crippen LogP contribution in [0.3, 0.4) is 0 Å². The summed E-state index contributed by atoms with van der Waals surface area (Å²) < 4.78 is 37.6. The fraction of sp³-hybridized carbons (Fsp3) is 0.148. The zero-order valence-electron chi connectivity index (χ0n) is 21.4. The SMILES string of the molecule is CCOc1cc(/C=C2\SC(=O)N(Cc3ccc(Cl)c(Cl)c3)C2=O)cc(I)c1OS(=O)(=O)c1ccc(NC(C)=O)cc1. The number of nitrogens with one attached hydrogen (secondary N) is 1. The average molecular weight is 747 g/mol. The first kappa shape index (κ1) is 31.2. The Hall–Kier alpha value is -2.78. The first-order valence-corrected chi connectivity index (χ1v) is 15.9. The molecule has 1 saturated heterocycles. The Balaban J connectivity index is 1.59. The summed E-state index contributed by atoms with van der Waals surface area (Å²) in [7, 11) is -4.26. The van der Waals surface area contributed by atoms with Crippen LogP contribution in [0.2, 0.25) is 10.0 Å². The Morgan fingerprint density at radius 1 is 1.07 bits per heavy atom. The second-order valence-corrected chi connectivity index (χ2v) is 13.0. The van der Waals surface area contributed by atoms with Gasteiger partial charge in [-0.05, 0) is 107 Å². The van der Waals surface area contributed by atoms with Gasteiger partial charge in [0.05, 0.1) is 31.7 Å². The van der Waals surface area contributed by atoms with E-state index in [-0.39, 0.29) is 40.4 Å². The Labute approximate surface area is 264 Å². The molecular formula is C27H21Cl2IN2O7S2. The standard InChI is InChI=1S/C27H21Cl2IN2O7S2/c1-3-38-23-12-17(13-24-26(34)32(27(35)40-24)14-16-4-9-20(28)21(29)10-16)11-22(30)25(23)39-41(36,37)19-7-5-18(6-8-19)31-15(2)33/h4-13H,3,14H2,1-2H3,(H,31,33)/b24-13-. The normalized spacial score (nSPS) is 14.5. The molecule has 0 spiro atoms. The molecule has 14 heteroatoms. The summed E-state index contributed by atoms with van der Waals surface area (Å²) in [6.45, 7) is 3.31. The summed E-state index contributed by atoms with van der Waals surface area (Å²) in [4.78, 5) is 38.1. The highest BCUT2D eigenvalue weighted by Crippen LogP contribution is 2.39. The Morgan fingerprint density at radius 2 is 1.78 bits per heavy atom. The van der Waals surface area contributed by atoms with Gasteiger partial charge in [-0.15, -0.1) is 0 Å². The summed E-state index contributed by atoms with van der Waals surface area (Å²) in [5, 5.41) is 2.81. The molecule has 0 bridgehead atoms. The monoisotopic (exact) mass is 746 g/mol. The lowest BCUT2D eigenvalue weighted by molar-refractivity contribution is -0.123. The molecule has 3 aromatic rings. The lowest BCUT2D eigenvalue weighted by Crippen LogP contribution is -2.27. The van der Waals surface area contributed by atoms with Gasteiger partial charge in [0, 0.05) is 12.6 Å². The van der Waals surface area contributed by atoms with Crippen molar-refractivity contribution in [3.8, 4) is 11.5 Å². The van der Waals surface area contributed by atoms with Crippen molar-refractivity contribution < 1.29 is 31.7 Å². The molecule has 1 heterocycles. The van der Waals surface area contributed by atoms with Crippen molar-refractivity contribution in [3.63, 3.8) is 0 Å². The van der Waals surface area contributed by atoms with Crippen molar-refractivity contribution >= 4 is 96.5 Å². The molecule has 1 fully saturated rings. The molecule has 4 rings (SSSR count). The third kappa shape index (κ3) is 7.55. The van der Waals surface area contributed by atoms with Gasteiger partial charge >= 0.3 is 10.1 Å². The van der Waals surface area contributed by atoms with E-state index in [0.717, 1.165) is 16.7 Å². The number of thioether (sulfide) groups is 1. The molecular weight excluding hydrogens is 726 g/mol. The van der Waals surface area contributed by atoms with E-state index in [1.807, 2.05) is 22.6 Å². The second kappa shape index (κ2) is 13.0. The van der Waals surface area contributed by atoms with Crippen molar-refractivity contribution in [1.82, 2.24) is 4.90 Å². The summed E-state index contributed by atoms with van der Waals surface area (Å²) in [5.74, 6) is -0.656. The minimum Gasteiger partial charge on any atom is -0.490 e. The molecule has 0 aromatic heterocycles. The number of halogens is 3. The molecule has 9 nitrogen and oxygen atoms in total. The predicted octanol–water partition coefficient (Wildman–Crippen LogP) is 6.96. The molecule has 214 valence electrons. The first-order valence-electron chi connectivity index (χ1n) is 11.9. The molecule has 0 atom stereocenters. The van der Waals surface area contributed by atoms with E-state index in [1.165, 1.54) is 43.3 Å². The maximum absolute atomic E-state index is 13.1. The number of benzene rings is 3. The molecule has 0 aliphatic carbocycles. The van der Waals surface area contributed by atoms with Crippen molar-refractivity contribution in [2.45, 2.75) is 25.3 Å². The van der Waals surface area contributed by atoms with Crippen molar-refractivity contribution in [2.75, 3.05) is 11.9 Å². The van der Waals surface area contributed by atoms with Gasteiger partial charge in [0.1, 0.15) is 4.90 Å². The Bertz CT molecular complexity index is 1680. The van der Waals surface area contributed by atoms with Crippen LogP contribution in [0.15, 0.2) is 64.4 Å². The maximum atomic E-state index is 13.1. The fourth-order valence-corrected chi connectivity index (χ4v) is 6.69. The van der Waals surface area contributed by atoms with E-state index in [2.05, 4.69) is 5.32 Å². The van der Waals surface area contributed by atoms with Crippen LogP contribution in [0.25, 0.3) is 6.08 Å². The summed E-state index contributed by atoms with van der Waals surface area (Å²) >= 11 is 14.7. The Kier molecular flexibility index (Phi) is 9.90. The smallest absolute Gasteiger partial charge is 0.339 e. The number of hydrogen-bond acceptors (Lipinski definition) is 8. The van der Waals surface area contributed by atoms with Gasteiger partial charge in [-0.2, -0.15) is 8.42 Å². The van der Waals surface area contributed by atoms with E-state index in [4.69, 9.17) is 32.1 Å². The van der Waals surface area contributed by atoms with Crippen LogP contribution in [0.1, 0.15) is 25.0 Å². The van der Waals surface area contributed by atoms with Gasteiger partial charge in [-0.1, -0.05) is 29.3 Å². The lowest BCUT2D eigenvalue weighted by atomic mass is 10.1. The Morgan fingerprint density at radius 3 is 2.41 bits per heavy atom. The molecule has 0 radical (unpaired) electrons. The molecule has 3 aromatic carbocycles. The number of amides is 3. The molecule has 1 aliphatic rings. The number of carbonyl (C=O) groups is 3. The van der Waals surface area contributed by atoms with Crippen LogP contribution in [0.4, 0.5) is 10.5 Å². The van der Waals surface area contributed by atoms with Crippen LogP contribution < -0.4 is 14.2 Å². The van der Waals surface area contributed by atoms with Gasteiger partial charge in [0.15, 0.2) is 11.5 Å². The molecule has 0 saturated carbocycles. The quantitative estimate of drug-likeness (QED) is 0.142. The highest BCUT2D eigenvalue weighted by Gasteiger charge is 2.35. The molecule has 1 N–H and O–H groups in total. The number of rotatable bonds is 9. The van der Waals surface area contributed by atoms with E-state index in [0.29, 0.717) is 30.4 Å². The van der Waals surface area contributed by atoms with E-state index in [9.17, 15) is 22.8 Å². The van der Waals surface area contributed by atoms with Gasteiger partial charge in [0.25, 0.3) is 11.1 Å². The second-order valence-electron chi connectivity index (χ2n) is 8.52. The van der Waals surface area contributed by atoms with Crippen molar-refractivity contribution in [1.29, 1.82) is 0 Å². The minimum atomic E-state index is -4.26. The third-order valence-electron chi connectivity index (χ3n) is 5.48. The molecule has 1 aliphatic heterocycles. The van der Waals surface area contributed by atoms with Crippen molar-refractivity contribution in [2.24, 2.45) is 0 Å². The van der Waals surface area contributed by atoms with Crippen LogP contribution >= 0.6 is 57.6 Å². The van der Waals surface area contributed by atoms with Crippen LogP contribution in [-0.2, 0) is 26.3 Å². The number of anilines is 1.